The van der Waals surface area contributed by atoms with Crippen molar-refractivity contribution in [3.05, 3.63) is 51.8 Å². The molecule has 7 nitrogen and oxygen atoms in total. The van der Waals surface area contributed by atoms with Crippen LogP contribution in [-0.4, -0.2) is 50.4 Å². The molecule has 1 aromatic carbocycles. The van der Waals surface area contributed by atoms with Crippen LogP contribution in [0, 0.1) is 0 Å². The fourth-order valence-corrected chi connectivity index (χ4v) is 5.01. The molecular formula is C24H32N6O. The van der Waals surface area contributed by atoms with Crippen LogP contribution in [0.5, 0.6) is 0 Å². The third-order valence-corrected chi connectivity index (χ3v) is 6.88. The van der Waals surface area contributed by atoms with Crippen LogP contribution in [0.25, 0.3) is 10.9 Å². The second-order valence-corrected chi connectivity index (χ2v) is 9.22. The molecule has 2 aromatic heterocycles. The van der Waals surface area contributed by atoms with Crippen LogP contribution in [0.2, 0.25) is 0 Å². The maximum absolute atomic E-state index is 12.7. The number of aryl methyl sites for hydroxylation is 2. The van der Waals surface area contributed by atoms with Crippen LogP contribution >= 0.6 is 0 Å². The number of benzene rings is 1. The lowest BCUT2D eigenvalue weighted by molar-refractivity contribution is 0.243. The standard InChI is InChI=1S/C24H32N6O/c1-17(2)30-16-25-22-14-18(8-9-20(22)24(30)31)29-12-10-28(11-13-29)15-23-19-6-4-5-7-21(19)26-27(23)3/h8-9,14,16-17H,4-7,10-13,15H2,1-3H3. The van der Waals surface area contributed by atoms with Gasteiger partial charge in [-0.15, -0.1) is 0 Å². The lowest BCUT2D eigenvalue weighted by atomic mass is 9.95. The Balaban J connectivity index is 1.28. The SMILES string of the molecule is CC(C)n1cnc2cc(N3CCN(Cc4c5c(nn4C)CCCC5)CC3)ccc2c1=O. The molecule has 0 amide bonds. The summed E-state index contributed by atoms with van der Waals surface area (Å²) in [5.74, 6) is 0. The Bertz CT molecular complexity index is 1150. The van der Waals surface area contributed by atoms with Crippen molar-refractivity contribution >= 4 is 16.6 Å². The number of aromatic nitrogens is 4. The molecule has 0 spiro atoms. The van der Waals surface area contributed by atoms with Crippen molar-refractivity contribution in [2.75, 3.05) is 31.1 Å². The number of nitrogens with zero attached hydrogens (tertiary/aromatic N) is 6. The van der Waals surface area contributed by atoms with E-state index in [1.807, 2.05) is 19.9 Å². The summed E-state index contributed by atoms with van der Waals surface area (Å²) in [5, 5.41) is 5.47. The minimum atomic E-state index is 0.0379. The lowest BCUT2D eigenvalue weighted by Gasteiger charge is -2.36. The van der Waals surface area contributed by atoms with Crippen molar-refractivity contribution in [3.8, 4) is 0 Å². The van der Waals surface area contributed by atoms with Crippen LogP contribution in [0.3, 0.4) is 0 Å². The van der Waals surface area contributed by atoms with Gasteiger partial charge in [-0.1, -0.05) is 0 Å². The molecule has 1 fully saturated rings. The lowest BCUT2D eigenvalue weighted by Crippen LogP contribution is -2.46. The van der Waals surface area contributed by atoms with E-state index in [9.17, 15) is 4.79 Å². The highest BCUT2D eigenvalue weighted by molar-refractivity contribution is 5.81. The molecule has 1 saturated heterocycles. The molecule has 3 aromatic rings. The topological polar surface area (TPSA) is 59.2 Å². The van der Waals surface area contributed by atoms with Gasteiger partial charge in [0.2, 0.25) is 0 Å². The van der Waals surface area contributed by atoms with Gasteiger partial charge < -0.3 is 4.90 Å². The molecule has 0 unspecified atom stereocenters. The normalized spacial score (nSPS) is 17.5. The molecule has 0 saturated carbocycles. The van der Waals surface area contributed by atoms with E-state index in [0.29, 0.717) is 5.39 Å². The Morgan fingerprint density at radius 3 is 2.61 bits per heavy atom. The highest BCUT2D eigenvalue weighted by atomic mass is 16.1. The van der Waals surface area contributed by atoms with Gasteiger partial charge in [0.05, 0.1) is 28.6 Å². The Morgan fingerprint density at radius 1 is 1.06 bits per heavy atom. The quantitative estimate of drug-likeness (QED) is 0.650. The fourth-order valence-electron chi connectivity index (χ4n) is 5.01. The Labute approximate surface area is 183 Å². The van der Waals surface area contributed by atoms with E-state index in [2.05, 4.69) is 38.6 Å². The van der Waals surface area contributed by atoms with Gasteiger partial charge in [-0.25, -0.2) is 4.98 Å². The van der Waals surface area contributed by atoms with Crippen molar-refractivity contribution in [3.63, 3.8) is 0 Å². The highest BCUT2D eigenvalue weighted by Gasteiger charge is 2.23. The zero-order valence-electron chi connectivity index (χ0n) is 18.8. The summed E-state index contributed by atoms with van der Waals surface area (Å²) >= 11 is 0. The smallest absolute Gasteiger partial charge is 0.261 e. The van der Waals surface area contributed by atoms with Gasteiger partial charge in [0.25, 0.3) is 5.56 Å². The first-order valence-corrected chi connectivity index (χ1v) is 11.5. The Morgan fingerprint density at radius 2 is 1.84 bits per heavy atom. The molecule has 164 valence electrons. The minimum absolute atomic E-state index is 0.0379. The first-order valence-electron chi connectivity index (χ1n) is 11.5. The van der Waals surface area contributed by atoms with Gasteiger partial charge in [0.15, 0.2) is 0 Å². The maximum Gasteiger partial charge on any atom is 0.261 e. The van der Waals surface area contributed by atoms with E-state index in [1.54, 1.807) is 10.9 Å². The van der Waals surface area contributed by atoms with Crippen LogP contribution in [0.4, 0.5) is 5.69 Å². The molecule has 31 heavy (non-hydrogen) atoms. The van der Waals surface area contributed by atoms with Crippen LogP contribution in [-0.2, 0) is 26.4 Å². The van der Waals surface area contributed by atoms with Gasteiger partial charge in [0.1, 0.15) is 0 Å². The fraction of sp³-hybridized carbons (Fsp3) is 0.542. The molecule has 7 heteroatoms. The summed E-state index contributed by atoms with van der Waals surface area (Å²) in [7, 11) is 2.10. The third-order valence-electron chi connectivity index (χ3n) is 6.88. The van der Waals surface area contributed by atoms with E-state index >= 15 is 0 Å². The predicted octanol–water partition coefficient (Wildman–Crippen LogP) is 2.91. The second-order valence-electron chi connectivity index (χ2n) is 9.22. The third kappa shape index (κ3) is 3.76. The molecule has 1 aliphatic heterocycles. The molecular weight excluding hydrogens is 388 g/mol. The molecule has 0 radical (unpaired) electrons. The molecule has 1 aliphatic carbocycles. The molecule has 3 heterocycles. The number of hydrogen-bond acceptors (Lipinski definition) is 5. The van der Waals surface area contributed by atoms with Crippen LogP contribution < -0.4 is 10.5 Å². The Hall–Kier alpha value is -2.67. The van der Waals surface area contributed by atoms with Gasteiger partial charge >= 0.3 is 0 Å². The van der Waals surface area contributed by atoms with Gasteiger partial charge in [-0.3, -0.25) is 18.9 Å². The molecule has 0 atom stereocenters. The Kier molecular flexibility index (Phi) is 5.30. The minimum Gasteiger partial charge on any atom is -0.369 e. The van der Waals surface area contributed by atoms with Crippen molar-refractivity contribution in [1.82, 2.24) is 24.2 Å². The van der Waals surface area contributed by atoms with Gasteiger partial charge in [0, 0.05) is 51.5 Å². The van der Waals surface area contributed by atoms with Gasteiger partial charge in [-0.2, -0.15) is 5.10 Å². The zero-order valence-corrected chi connectivity index (χ0v) is 18.8. The van der Waals surface area contributed by atoms with Gasteiger partial charge in [-0.05, 0) is 63.3 Å². The van der Waals surface area contributed by atoms with Crippen molar-refractivity contribution in [2.24, 2.45) is 7.05 Å². The predicted molar refractivity (Wildman–Crippen MR) is 124 cm³/mol. The van der Waals surface area contributed by atoms with Crippen molar-refractivity contribution in [2.45, 2.75) is 52.1 Å². The highest BCUT2D eigenvalue weighted by Crippen LogP contribution is 2.26. The summed E-state index contributed by atoms with van der Waals surface area (Å²) in [6.07, 6.45) is 6.55. The van der Waals surface area contributed by atoms with Crippen molar-refractivity contribution < 1.29 is 0 Å². The largest absolute Gasteiger partial charge is 0.369 e. The van der Waals surface area contributed by atoms with E-state index < -0.39 is 0 Å². The van der Waals surface area contributed by atoms with Crippen LogP contribution in [0.1, 0.15) is 49.7 Å². The maximum atomic E-state index is 12.7. The zero-order chi connectivity index (χ0) is 21.5. The molecule has 0 bridgehead atoms. The number of fused-ring (bicyclic) bond motifs is 2. The van der Waals surface area contributed by atoms with E-state index in [4.69, 9.17) is 5.10 Å². The average molecular weight is 421 g/mol. The second kappa shape index (κ2) is 8.11. The summed E-state index contributed by atoms with van der Waals surface area (Å²) in [4.78, 5) is 22.2. The monoisotopic (exact) mass is 420 g/mol. The first kappa shape index (κ1) is 20.2. The molecule has 2 aliphatic rings. The van der Waals surface area contributed by atoms with E-state index in [-0.39, 0.29) is 11.6 Å². The number of piperazine rings is 1. The summed E-state index contributed by atoms with van der Waals surface area (Å²) < 4.78 is 3.80. The van der Waals surface area contributed by atoms with E-state index in [1.165, 1.54) is 36.2 Å². The average Bonchev–Trinajstić information content (AvgIpc) is 3.09. The van der Waals surface area contributed by atoms with Crippen molar-refractivity contribution in [1.29, 1.82) is 0 Å². The molecule has 0 N–H and O–H groups in total. The number of anilines is 1. The summed E-state index contributed by atoms with van der Waals surface area (Å²) in [6, 6.07) is 6.19. The number of rotatable bonds is 4. The summed E-state index contributed by atoms with van der Waals surface area (Å²) in [5.41, 5.74) is 6.20. The summed E-state index contributed by atoms with van der Waals surface area (Å²) in [6.45, 7) is 9.01. The first-order chi connectivity index (χ1) is 15.0. The van der Waals surface area contributed by atoms with Crippen LogP contribution in [0.15, 0.2) is 29.3 Å². The number of hydrogen-bond donors (Lipinski definition) is 0. The molecule has 5 rings (SSSR count). The van der Waals surface area contributed by atoms with E-state index in [0.717, 1.165) is 50.3 Å².